The molecule has 34 heavy (non-hydrogen) atoms. The van der Waals surface area contributed by atoms with E-state index in [1.165, 1.54) is 6.07 Å². The molecule has 0 saturated heterocycles. The predicted molar refractivity (Wildman–Crippen MR) is 129 cm³/mol. The van der Waals surface area contributed by atoms with Gasteiger partial charge in [0.05, 0.1) is 10.4 Å². The summed E-state index contributed by atoms with van der Waals surface area (Å²) in [6.07, 6.45) is 0. The van der Waals surface area contributed by atoms with Crippen LogP contribution in [-0.4, -0.2) is 23.8 Å². The Morgan fingerprint density at radius 3 is 1.18 bits per heavy atom. The summed E-state index contributed by atoms with van der Waals surface area (Å²) < 4.78 is 0. The minimum atomic E-state index is -2.82. The van der Waals surface area contributed by atoms with E-state index < -0.39 is 7.26 Å². The van der Waals surface area contributed by atoms with Crippen LogP contribution in [0, 0.1) is 0 Å². The molecule has 0 aromatic heterocycles. The van der Waals surface area contributed by atoms with E-state index in [1.807, 2.05) is 96.9 Å². The average Bonchev–Trinajstić information content (AvgIpc) is 2.90. The maximum Gasteiger partial charge on any atom is 0.145 e. The molecule has 0 aliphatic rings. The van der Waals surface area contributed by atoms with Crippen molar-refractivity contribution in [2.24, 2.45) is 0 Å². The average molecular weight is 502 g/mol. The van der Waals surface area contributed by atoms with Gasteiger partial charge in [-0.2, -0.15) is 0 Å². The van der Waals surface area contributed by atoms with Gasteiger partial charge in [0, 0.05) is 23.1 Å². The van der Waals surface area contributed by atoms with Crippen molar-refractivity contribution in [2.75, 3.05) is 0 Å². The molecule has 4 aromatic rings. The van der Waals surface area contributed by atoms with Gasteiger partial charge in [-0.05, 0) is 36.4 Å². The summed E-state index contributed by atoms with van der Waals surface area (Å²) in [5.74, 6) is 6.87. The number of hydrogen-bond donors (Lipinski definition) is 0. The third-order valence-electron chi connectivity index (χ3n) is 5.51. The van der Waals surface area contributed by atoms with E-state index in [2.05, 4.69) is 0 Å². The minimum absolute atomic E-state index is 0. The normalized spacial score (nSPS) is 10.1. The van der Waals surface area contributed by atoms with E-state index >= 15 is 0 Å². The number of hydrogen-bond acceptors (Lipinski definition) is 4. The van der Waals surface area contributed by atoms with E-state index in [0.717, 1.165) is 15.9 Å². The Balaban J connectivity index is 0.00000324. The zero-order chi connectivity index (χ0) is 23.3. The molecule has 0 unspecified atom stereocenters. The summed E-state index contributed by atoms with van der Waals surface area (Å²) in [5.41, 5.74) is 0. The van der Waals surface area contributed by atoms with Gasteiger partial charge in [-0.15, -0.1) is 0 Å². The second-order valence-corrected chi connectivity index (χ2v) is 10.5. The minimum Gasteiger partial charge on any atom is -0.233 e. The molecule has 0 N–H and O–H groups in total. The van der Waals surface area contributed by atoms with Crippen LogP contribution in [-0.2, 0) is 36.2 Å². The van der Waals surface area contributed by atoms with Gasteiger partial charge in [0.2, 0.25) is 0 Å². The molecular weight excluding hydrogens is 486 g/mol. The van der Waals surface area contributed by atoms with Gasteiger partial charge in [0.25, 0.3) is 0 Å². The molecule has 163 valence electrons. The van der Waals surface area contributed by atoms with Crippen LogP contribution in [0.15, 0.2) is 97.1 Å². The van der Waals surface area contributed by atoms with Crippen molar-refractivity contribution in [2.45, 2.75) is 0 Å². The van der Waals surface area contributed by atoms with E-state index in [1.54, 1.807) is 17.8 Å². The largest absolute Gasteiger partial charge is 0.233 e. The summed E-state index contributed by atoms with van der Waals surface area (Å²) in [6.45, 7) is 0. The third kappa shape index (κ3) is 3.99. The predicted octanol–water partition coefficient (Wildman–Crippen LogP) is -1.68. The molecule has 0 aliphatic heterocycles. The maximum absolute atomic E-state index is 12.3. The fourth-order valence-corrected chi connectivity index (χ4v) is 8.55. The van der Waals surface area contributed by atoms with Gasteiger partial charge >= 0.3 is 0 Å². The van der Waals surface area contributed by atoms with Gasteiger partial charge in [-0.3, -0.25) is 0 Å². The molecule has 0 bridgehead atoms. The Bertz CT molecular complexity index is 1570. The molecule has 0 amide bonds. The van der Waals surface area contributed by atoms with Crippen LogP contribution in [0.1, 0.15) is 0 Å². The fraction of sp³-hybridized carbons (Fsp3) is 0. The molecule has 4 rings (SSSR count). The van der Waals surface area contributed by atoms with Crippen molar-refractivity contribution >= 4 is 52.2 Å². The standard InChI is InChI=1S/C28H16O4P.Mn/c29-17-21-16-28(27(20-32)26(19-31)25(21)18-30)33(22-10-4-1-5-11-22,23-12-6-2-7-13-23)24-14-8-3-9-15-24;/h1-16H;/q+1;. The molecule has 1 radical (unpaired) electrons. The monoisotopic (exact) mass is 502 g/mol. The first-order valence-corrected chi connectivity index (χ1v) is 11.8. The summed E-state index contributed by atoms with van der Waals surface area (Å²) in [6, 6.07) is 30.2. The smallest absolute Gasteiger partial charge is 0.145 e. The Morgan fingerprint density at radius 1 is 0.471 bits per heavy atom. The molecule has 0 fully saturated rings. The Kier molecular flexibility index (Phi) is 7.91. The van der Waals surface area contributed by atoms with Crippen molar-refractivity contribution in [3.63, 3.8) is 0 Å². The number of rotatable bonds is 4. The molecule has 0 atom stereocenters. The van der Waals surface area contributed by atoms with Gasteiger partial charge in [0.15, 0.2) is 0 Å². The molecule has 4 aromatic carbocycles. The van der Waals surface area contributed by atoms with Crippen LogP contribution < -0.4 is 42.1 Å². The van der Waals surface area contributed by atoms with E-state index in [4.69, 9.17) is 0 Å². The Morgan fingerprint density at radius 2 is 0.853 bits per heavy atom. The SMILES string of the molecule is O=C=c1cc([P+](c2ccccc2)(c2ccccc2)c2ccccc2)c(=C=O)c(=C=O)c1=C=O.[Mn]. The van der Waals surface area contributed by atoms with Crippen molar-refractivity contribution in [3.8, 4) is 0 Å². The van der Waals surface area contributed by atoms with Crippen LogP contribution >= 0.6 is 7.26 Å². The first-order chi connectivity index (χ1) is 16.2. The van der Waals surface area contributed by atoms with Gasteiger partial charge < -0.3 is 0 Å². The first kappa shape index (κ1) is 24.8. The van der Waals surface area contributed by atoms with Gasteiger partial charge in [-0.1, -0.05) is 54.6 Å². The quantitative estimate of drug-likeness (QED) is 0.247. The first-order valence-electron chi connectivity index (χ1n) is 10.0. The van der Waals surface area contributed by atoms with Crippen molar-refractivity contribution < 1.29 is 36.2 Å². The van der Waals surface area contributed by atoms with Gasteiger partial charge in [0.1, 0.15) is 62.7 Å². The van der Waals surface area contributed by atoms with Crippen molar-refractivity contribution in [3.05, 3.63) is 118 Å². The summed E-state index contributed by atoms with van der Waals surface area (Å²) >= 11 is 0. The molecule has 6 heteroatoms. The van der Waals surface area contributed by atoms with Crippen molar-refractivity contribution in [1.29, 1.82) is 0 Å². The summed E-state index contributed by atoms with van der Waals surface area (Å²) in [4.78, 5) is 47.6. The van der Waals surface area contributed by atoms with Crippen LogP contribution in [0.2, 0.25) is 0 Å². The van der Waals surface area contributed by atoms with E-state index in [-0.39, 0.29) is 37.9 Å². The number of benzene rings is 4. The zero-order valence-corrected chi connectivity index (χ0v) is 19.8. The van der Waals surface area contributed by atoms with Crippen LogP contribution in [0.4, 0.5) is 0 Å². The van der Waals surface area contributed by atoms with Crippen LogP contribution in [0.25, 0.3) is 0 Å². The Labute approximate surface area is 206 Å². The molecule has 0 saturated carbocycles. The molecule has 0 spiro atoms. The topological polar surface area (TPSA) is 68.3 Å². The van der Waals surface area contributed by atoms with Gasteiger partial charge in [-0.25, -0.2) is 19.2 Å². The van der Waals surface area contributed by atoms with Crippen molar-refractivity contribution in [1.82, 2.24) is 0 Å². The maximum atomic E-state index is 12.3. The van der Waals surface area contributed by atoms with E-state index in [0.29, 0.717) is 5.30 Å². The zero-order valence-electron chi connectivity index (χ0n) is 17.7. The summed E-state index contributed by atoms with van der Waals surface area (Å²) in [7, 11) is -2.82. The second kappa shape index (κ2) is 10.8. The summed E-state index contributed by atoms with van der Waals surface area (Å²) in [5, 5.41) is 2.20. The Hall–Kier alpha value is -3.85. The third-order valence-corrected chi connectivity index (χ3v) is 9.81. The molecular formula is C28H16MnO4P+. The molecule has 0 aliphatic carbocycles. The number of carbonyl (C=O) groups excluding carboxylic acids is 4. The molecule has 0 heterocycles. The fourth-order valence-electron chi connectivity index (χ4n) is 4.14. The van der Waals surface area contributed by atoms with Crippen LogP contribution in [0.5, 0.6) is 0 Å². The second-order valence-electron chi connectivity index (χ2n) is 7.15. The van der Waals surface area contributed by atoms with E-state index in [9.17, 15) is 19.2 Å². The van der Waals surface area contributed by atoms with Crippen LogP contribution in [0.3, 0.4) is 0 Å². The molecule has 4 nitrogen and oxygen atoms in total.